The van der Waals surface area contributed by atoms with Gasteiger partial charge in [-0.15, -0.1) is 0 Å². The molecule has 2 heterocycles. The monoisotopic (exact) mass is 295 g/mol. The van der Waals surface area contributed by atoms with Gasteiger partial charge in [0.1, 0.15) is 5.52 Å². The molecule has 3 rings (SSSR count). The van der Waals surface area contributed by atoms with Gasteiger partial charge in [0.15, 0.2) is 5.58 Å². The molecule has 0 amide bonds. The molecule has 1 aliphatic heterocycles. The maximum Gasteiger partial charge on any atom is 0.316 e. The average molecular weight is 295 g/mol. The number of likely N-dealkylation sites (tertiary alicyclic amines) is 1. The Morgan fingerprint density at radius 2 is 2.05 bits per heavy atom. The molecule has 0 radical (unpaired) electrons. The third-order valence-corrected chi connectivity index (χ3v) is 4.96. The molecule has 7 heteroatoms. The summed E-state index contributed by atoms with van der Waals surface area (Å²) in [6.45, 7) is 2.47. The molecular weight excluding hydrogens is 278 g/mol. The lowest BCUT2D eigenvalue weighted by Gasteiger charge is -2.12. The van der Waals surface area contributed by atoms with Crippen molar-refractivity contribution in [3.63, 3.8) is 0 Å². The minimum atomic E-state index is -3.48. The van der Waals surface area contributed by atoms with Crippen LogP contribution in [0.1, 0.15) is 12.8 Å². The maximum atomic E-state index is 12.2. The molecule has 0 bridgehead atoms. The zero-order valence-corrected chi connectivity index (χ0v) is 11.9. The zero-order valence-electron chi connectivity index (χ0n) is 11.1. The summed E-state index contributed by atoms with van der Waals surface area (Å²) < 4.78 is 29.8. The molecule has 108 valence electrons. The fraction of sp³-hybridized carbons (Fsp3) is 0.462. The van der Waals surface area contributed by atoms with Crippen molar-refractivity contribution < 1.29 is 12.8 Å². The summed E-state index contributed by atoms with van der Waals surface area (Å²) in [5, 5.41) is -0.211. The number of rotatable bonds is 4. The second-order valence-electron chi connectivity index (χ2n) is 5.07. The van der Waals surface area contributed by atoms with Gasteiger partial charge < -0.3 is 15.1 Å². The Morgan fingerprint density at radius 1 is 1.30 bits per heavy atom. The van der Waals surface area contributed by atoms with Gasteiger partial charge in [-0.3, -0.25) is 0 Å². The molecule has 2 aromatic rings. The SMILES string of the molecule is Nc1ccc2nc(S(=O)(=O)CCN3CCCC3)oc2c1. The minimum Gasteiger partial charge on any atom is -0.428 e. The van der Waals surface area contributed by atoms with Crippen molar-refractivity contribution in [2.24, 2.45) is 0 Å². The van der Waals surface area contributed by atoms with Crippen molar-refractivity contribution in [1.29, 1.82) is 0 Å². The zero-order chi connectivity index (χ0) is 14.2. The van der Waals surface area contributed by atoms with Crippen LogP contribution >= 0.6 is 0 Å². The number of nitrogens with zero attached hydrogens (tertiary/aromatic N) is 2. The molecule has 0 unspecified atom stereocenters. The molecule has 1 aliphatic rings. The average Bonchev–Trinajstić information content (AvgIpc) is 3.05. The van der Waals surface area contributed by atoms with E-state index in [1.54, 1.807) is 18.2 Å². The van der Waals surface area contributed by atoms with Crippen LogP contribution in [-0.4, -0.2) is 43.7 Å². The molecule has 1 saturated heterocycles. The molecule has 1 aromatic heterocycles. The van der Waals surface area contributed by atoms with Crippen molar-refractivity contribution in [1.82, 2.24) is 9.88 Å². The van der Waals surface area contributed by atoms with E-state index in [2.05, 4.69) is 9.88 Å². The lowest BCUT2D eigenvalue weighted by atomic mass is 10.3. The molecule has 1 fully saturated rings. The van der Waals surface area contributed by atoms with E-state index in [0.29, 0.717) is 23.3 Å². The van der Waals surface area contributed by atoms with Gasteiger partial charge >= 0.3 is 5.22 Å². The van der Waals surface area contributed by atoms with Crippen molar-refractivity contribution in [3.05, 3.63) is 18.2 Å². The van der Waals surface area contributed by atoms with Crippen LogP contribution in [0.2, 0.25) is 0 Å². The molecule has 0 aliphatic carbocycles. The maximum absolute atomic E-state index is 12.2. The third kappa shape index (κ3) is 2.64. The number of aromatic nitrogens is 1. The Balaban J connectivity index is 1.81. The standard InChI is InChI=1S/C13H17N3O3S/c14-10-3-4-11-12(9-10)19-13(15-11)20(17,18)8-7-16-5-1-2-6-16/h3-4,9H,1-2,5-8,14H2. The highest BCUT2D eigenvalue weighted by molar-refractivity contribution is 7.91. The molecule has 0 saturated carbocycles. The second kappa shape index (κ2) is 5.06. The Hall–Kier alpha value is -1.60. The van der Waals surface area contributed by atoms with E-state index in [-0.39, 0.29) is 11.0 Å². The van der Waals surface area contributed by atoms with Crippen LogP contribution in [0.3, 0.4) is 0 Å². The van der Waals surface area contributed by atoms with E-state index in [1.807, 2.05) is 0 Å². The predicted molar refractivity (Wildman–Crippen MR) is 76.1 cm³/mol. The molecule has 20 heavy (non-hydrogen) atoms. The smallest absolute Gasteiger partial charge is 0.316 e. The second-order valence-corrected chi connectivity index (χ2v) is 7.06. The number of fused-ring (bicyclic) bond motifs is 1. The largest absolute Gasteiger partial charge is 0.428 e. The third-order valence-electron chi connectivity index (χ3n) is 3.53. The lowest BCUT2D eigenvalue weighted by Crippen LogP contribution is -2.26. The normalized spacial score (nSPS) is 17.0. The summed E-state index contributed by atoms with van der Waals surface area (Å²) in [5.41, 5.74) is 7.08. The summed E-state index contributed by atoms with van der Waals surface area (Å²) in [5.74, 6) is 0.0370. The van der Waals surface area contributed by atoms with Crippen molar-refractivity contribution >= 4 is 26.6 Å². The van der Waals surface area contributed by atoms with Gasteiger partial charge in [-0.2, -0.15) is 4.98 Å². The summed E-state index contributed by atoms with van der Waals surface area (Å²) in [6, 6.07) is 4.92. The number of nitrogen functional groups attached to an aromatic ring is 1. The fourth-order valence-corrected chi connectivity index (χ4v) is 3.52. The van der Waals surface area contributed by atoms with Gasteiger partial charge in [0.2, 0.25) is 9.84 Å². The van der Waals surface area contributed by atoms with Gasteiger partial charge in [0, 0.05) is 18.3 Å². The number of anilines is 1. The van der Waals surface area contributed by atoms with Crippen LogP contribution in [0.25, 0.3) is 11.1 Å². The van der Waals surface area contributed by atoms with Crippen LogP contribution < -0.4 is 5.73 Å². The van der Waals surface area contributed by atoms with Crippen LogP contribution in [0, 0.1) is 0 Å². The Morgan fingerprint density at radius 3 is 2.80 bits per heavy atom. The highest BCUT2D eigenvalue weighted by Crippen LogP contribution is 2.22. The first kappa shape index (κ1) is 13.4. The van der Waals surface area contributed by atoms with Gasteiger partial charge in [0.25, 0.3) is 0 Å². The van der Waals surface area contributed by atoms with Gasteiger partial charge in [0.05, 0.1) is 5.75 Å². The fourth-order valence-electron chi connectivity index (χ4n) is 2.40. The van der Waals surface area contributed by atoms with Crippen molar-refractivity contribution in [2.45, 2.75) is 18.1 Å². The number of hydrogen-bond donors (Lipinski definition) is 1. The first-order valence-corrected chi connectivity index (χ1v) is 8.31. The van der Waals surface area contributed by atoms with Gasteiger partial charge in [-0.05, 0) is 38.1 Å². The summed E-state index contributed by atoms with van der Waals surface area (Å²) >= 11 is 0. The van der Waals surface area contributed by atoms with E-state index in [0.717, 1.165) is 25.9 Å². The summed E-state index contributed by atoms with van der Waals surface area (Å²) in [6.07, 6.45) is 2.28. The van der Waals surface area contributed by atoms with E-state index in [4.69, 9.17) is 10.2 Å². The van der Waals surface area contributed by atoms with Crippen molar-refractivity contribution in [2.75, 3.05) is 31.1 Å². The Bertz CT molecular complexity index is 718. The molecule has 6 nitrogen and oxygen atoms in total. The van der Waals surface area contributed by atoms with Crippen LogP contribution in [0.4, 0.5) is 5.69 Å². The van der Waals surface area contributed by atoms with Crippen LogP contribution in [-0.2, 0) is 9.84 Å². The number of sulfone groups is 1. The molecule has 0 spiro atoms. The van der Waals surface area contributed by atoms with E-state index in [1.165, 1.54) is 0 Å². The van der Waals surface area contributed by atoms with E-state index < -0.39 is 9.84 Å². The summed E-state index contributed by atoms with van der Waals surface area (Å²) in [4.78, 5) is 6.19. The highest BCUT2D eigenvalue weighted by Gasteiger charge is 2.23. The number of benzene rings is 1. The van der Waals surface area contributed by atoms with Crippen LogP contribution in [0.15, 0.2) is 27.8 Å². The molecule has 0 atom stereocenters. The molecule has 1 aromatic carbocycles. The first-order chi connectivity index (χ1) is 9.54. The minimum absolute atomic E-state index is 0.0370. The summed E-state index contributed by atoms with van der Waals surface area (Å²) in [7, 11) is -3.48. The van der Waals surface area contributed by atoms with Crippen LogP contribution in [0.5, 0.6) is 0 Å². The quantitative estimate of drug-likeness (QED) is 0.855. The first-order valence-electron chi connectivity index (χ1n) is 6.66. The van der Waals surface area contributed by atoms with E-state index in [9.17, 15) is 8.42 Å². The topological polar surface area (TPSA) is 89.4 Å². The molecule has 2 N–H and O–H groups in total. The molecular formula is C13H17N3O3S. The number of hydrogen-bond acceptors (Lipinski definition) is 6. The number of oxazole rings is 1. The highest BCUT2D eigenvalue weighted by atomic mass is 32.2. The predicted octanol–water partition coefficient (Wildman–Crippen LogP) is 1.28. The van der Waals surface area contributed by atoms with Gasteiger partial charge in [-0.1, -0.05) is 0 Å². The van der Waals surface area contributed by atoms with E-state index >= 15 is 0 Å². The lowest BCUT2D eigenvalue weighted by molar-refractivity contribution is 0.357. The van der Waals surface area contributed by atoms with Gasteiger partial charge in [-0.25, -0.2) is 8.42 Å². The Labute approximate surface area is 117 Å². The Kier molecular flexibility index (Phi) is 3.39. The van der Waals surface area contributed by atoms with Crippen molar-refractivity contribution in [3.8, 4) is 0 Å². The number of nitrogens with two attached hydrogens (primary N) is 1.